The van der Waals surface area contributed by atoms with Crippen LogP contribution in [-0.2, 0) is 16.0 Å². The third kappa shape index (κ3) is 3.54. The summed E-state index contributed by atoms with van der Waals surface area (Å²) < 4.78 is 5.07. The Hall–Kier alpha value is -2.88. The van der Waals surface area contributed by atoms with Gasteiger partial charge in [0.05, 0.1) is 12.5 Å². The molecule has 1 N–H and O–H groups in total. The third-order valence-electron chi connectivity index (χ3n) is 4.63. The van der Waals surface area contributed by atoms with Gasteiger partial charge in [-0.05, 0) is 48.4 Å². The lowest BCUT2D eigenvalue weighted by Crippen LogP contribution is -2.17. The molecular formula is C22H23NO3. The van der Waals surface area contributed by atoms with Crippen LogP contribution in [0.2, 0.25) is 0 Å². The van der Waals surface area contributed by atoms with Gasteiger partial charge in [0.2, 0.25) is 0 Å². The molecule has 0 amide bonds. The van der Waals surface area contributed by atoms with E-state index in [1.807, 2.05) is 37.3 Å². The summed E-state index contributed by atoms with van der Waals surface area (Å²) in [5, 5.41) is 1.55. The van der Waals surface area contributed by atoms with Crippen molar-refractivity contribution in [2.24, 2.45) is 5.92 Å². The summed E-state index contributed by atoms with van der Waals surface area (Å²) in [5.74, 6) is -0.457. The molecule has 0 saturated carbocycles. The van der Waals surface area contributed by atoms with Crippen LogP contribution in [0.25, 0.3) is 21.9 Å². The van der Waals surface area contributed by atoms with Gasteiger partial charge < -0.3 is 9.72 Å². The Bertz CT molecular complexity index is 1000. The van der Waals surface area contributed by atoms with Gasteiger partial charge in [-0.2, -0.15) is 0 Å². The largest absolute Gasteiger partial charge is 0.466 e. The van der Waals surface area contributed by atoms with Crippen LogP contribution in [0.3, 0.4) is 0 Å². The minimum atomic E-state index is -0.244. The molecule has 0 aliphatic rings. The van der Waals surface area contributed by atoms with E-state index >= 15 is 0 Å². The van der Waals surface area contributed by atoms with Crippen molar-refractivity contribution in [1.29, 1.82) is 0 Å². The maximum atomic E-state index is 12.4. The van der Waals surface area contributed by atoms with Crippen molar-refractivity contribution < 1.29 is 9.53 Å². The van der Waals surface area contributed by atoms with E-state index in [4.69, 9.17) is 4.74 Å². The Kier molecular flexibility index (Phi) is 5.21. The van der Waals surface area contributed by atoms with Crippen LogP contribution in [0.5, 0.6) is 0 Å². The molecule has 1 unspecified atom stereocenters. The van der Waals surface area contributed by atoms with Gasteiger partial charge in [-0.25, -0.2) is 0 Å². The summed E-state index contributed by atoms with van der Waals surface area (Å²) >= 11 is 0. The molecule has 0 spiro atoms. The summed E-state index contributed by atoms with van der Waals surface area (Å²) in [7, 11) is 0. The van der Waals surface area contributed by atoms with Gasteiger partial charge >= 0.3 is 5.97 Å². The fraction of sp³-hybridized carbons (Fsp3) is 0.273. The number of H-pyrrole nitrogens is 1. The SMILES string of the molecule is CCOC(=O)C(C)Cc1ccc2c(-c3ccccc3C)c[nH]c(=O)c2c1. The predicted molar refractivity (Wildman–Crippen MR) is 104 cm³/mol. The average Bonchev–Trinajstić information content (AvgIpc) is 2.63. The van der Waals surface area contributed by atoms with Crippen LogP contribution >= 0.6 is 0 Å². The van der Waals surface area contributed by atoms with E-state index in [1.165, 1.54) is 0 Å². The molecular weight excluding hydrogens is 326 g/mol. The second-order valence-electron chi connectivity index (χ2n) is 6.58. The number of ether oxygens (including phenoxy) is 1. The molecule has 0 aliphatic carbocycles. The fourth-order valence-corrected chi connectivity index (χ4v) is 3.25. The van der Waals surface area contributed by atoms with Crippen molar-refractivity contribution in [2.45, 2.75) is 27.2 Å². The second kappa shape index (κ2) is 7.56. The van der Waals surface area contributed by atoms with E-state index in [2.05, 4.69) is 24.0 Å². The number of fused-ring (bicyclic) bond motifs is 1. The molecule has 0 radical (unpaired) electrons. The van der Waals surface area contributed by atoms with Crippen LogP contribution in [-0.4, -0.2) is 17.6 Å². The van der Waals surface area contributed by atoms with Gasteiger partial charge in [0.25, 0.3) is 5.56 Å². The first-order valence-electron chi connectivity index (χ1n) is 8.88. The van der Waals surface area contributed by atoms with Crippen molar-refractivity contribution in [3.63, 3.8) is 0 Å². The number of carbonyl (C=O) groups excluding carboxylic acids is 1. The first-order chi connectivity index (χ1) is 12.5. The lowest BCUT2D eigenvalue weighted by molar-refractivity contribution is -0.147. The summed E-state index contributed by atoms with van der Waals surface area (Å²) in [4.78, 5) is 27.1. The molecule has 0 aliphatic heterocycles. The predicted octanol–water partition coefficient (Wildman–Crippen LogP) is 4.25. The van der Waals surface area contributed by atoms with Crippen LogP contribution in [0.1, 0.15) is 25.0 Å². The number of hydrogen-bond donors (Lipinski definition) is 1. The molecule has 26 heavy (non-hydrogen) atoms. The van der Waals surface area contributed by atoms with Crippen molar-refractivity contribution in [2.75, 3.05) is 6.61 Å². The number of nitrogens with one attached hydrogen (secondary N) is 1. The van der Waals surface area contributed by atoms with Crippen molar-refractivity contribution in [1.82, 2.24) is 4.98 Å². The molecule has 4 nitrogen and oxygen atoms in total. The molecule has 0 bridgehead atoms. The smallest absolute Gasteiger partial charge is 0.308 e. The maximum absolute atomic E-state index is 12.4. The van der Waals surface area contributed by atoms with Gasteiger partial charge in [0, 0.05) is 17.1 Å². The molecule has 2 aromatic carbocycles. The molecule has 1 atom stereocenters. The molecule has 0 fully saturated rings. The topological polar surface area (TPSA) is 59.2 Å². The zero-order valence-electron chi connectivity index (χ0n) is 15.3. The zero-order valence-corrected chi connectivity index (χ0v) is 15.3. The lowest BCUT2D eigenvalue weighted by Gasteiger charge is -2.13. The highest BCUT2D eigenvalue weighted by Gasteiger charge is 2.16. The normalized spacial score (nSPS) is 12.1. The molecule has 1 heterocycles. The fourth-order valence-electron chi connectivity index (χ4n) is 3.25. The van der Waals surface area contributed by atoms with Crippen LogP contribution < -0.4 is 5.56 Å². The number of hydrogen-bond acceptors (Lipinski definition) is 3. The van der Waals surface area contributed by atoms with Gasteiger partial charge in [-0.3, -0.25) is 9.59 Å². The summed E-state index contributed by atoms with van der Waals surface area (Å²) in [6.45, 7) is 6.07. The van der Waals surface area contributed by atoms with Gasteiger partial charge in [-0.1, -0.05) is 43.3 Å². The van der Waals surface area contributed by atoms with Crippen LogP contribution in [0.15, 0.2) is 53.5 Å². The van der Waals surface area contributed by atoms with Crippen molar-refractivity contribution in [3.8, 4) is 11.1 Å². The molecule has 0 saturated heterocycles. The highest BCUT2D eigenvalue weighted by atomic mass is 16.5. The number of aromatic nitrogens is 1. The van der Waals surface area contributed by atoms with E-state index in [1.54, 1.807) is 13.1 Å². The summed E-state index contributed by atoms with van der Waals surface area (Å²) in [6, 6.07) is 13.9. The Morgan fingerprint density at radius 1 is 1.12 bits per heavy atom. The first kappa shape index (κ1) is 17.9. The highest BCUT2D eigenvalue weighted by molar-refractivity contribution is 5.96. The van der Waals surface area contributed by atoms with Gasteiger partial charge in [0.15, 0.2) is 0 Å². The quantitative estimate of drug-likeness (QED) is 0.701. The first-order valence-corrected chi connectivity index (χ1v) is 8.88. The van der Waals surface area contributed by atoms with Crippen LogP contribution in [0.4, 0.5) is 0 Å². The number of esters is 1. The molecule has 134 valence electrons. The summed E-state index contributed by atoms with van der Waals surface area (Å²) in [5.41, 5.74) is 4.08. The van der Waals surface area contributed by atoms with E-state index in [9.17, 15) is 9.59 Å². The lowest BCUT2D eigenvalue weighted by atomic mass is 9.94. The molecule has 1 aromatic heterocycles. The average molecular weight is 349 g/mol. The van der Waals surface area contributed by atoms with E-state index in [0.717, 1.165) is 27.6 Å². The maximum Gasteiger partial charge on any atom is 0.308 e. The number of aryl methyl sites for hydroxylation is 1. The number of pyridine rings is 1. The second-order valence-corrected chi connectivity index (χ2v) is 6.58. The van der Waals surface area contributed by atoms with E-state index in [-0.39, 0.29) is 17.4 Å². The standard InChI is InChI=1S/C22H23NO3/c1-4-26-22(25)15(3)11-16-9-10-18-19(12-16)21(24)23-13-20(18)17-8-6-5-7-14(17)2/h5-10,12-13,15H,4,11H2,1-3H3,(H,23,24). The summed E-state index contributed by atoms with van der Waals surface area (Å²) in [6.07, 6.45) is 2.32. The third-order valence-corrected chi connectivity index (χ3v) is 4.63. The zero-order chi connectivity index (χ0) is 18.7. The minimum Gasteiger partial charge on any atom is -0.466 e. The molecule has 3 aromatic rings. The Morgan fingerprint density at radius 2 is 1.88 bits per heavy atom. The monoisotopic (exact) mass is 349 g/mol. The van der Waals surface area contributed by atoms with E-state index < -0.39 is 0 Å². The Morgan fingerprint density at radius 3 is 2.62 bits per heavy atom. The van der Waals surface area contributed by atoms with Gasteiger partial charge in [0.1, 0.15) is 0 Å². The van der Waals surface area contributed by atoms with Crippen LogP contribution in [0, 0.1) is 12.8 Å². The number of carbonyl (C=O) groups is 1. The Balaban J connectivity index is 2.03. The number of rotatable bonds is 5. The Labute approximate surface area is 152 Å². The highest BCUT2D eigenvalue weighted by Crippen LogP contribution is 2.29. The van der Waals surface area contributed by atoms with Crippen molar-refractivity contribution in [3.05, 3.63) is 70.1 Å². The number of aromatic amines is 1. The molecule has 4 heteroatoms. The van der Waals surface area contributed by atoms with Crippen molar-refractivity contribution >= 4 is 16.7 Å². The number of benzene rings is 2. The van der Waals surface area contributed by atoms with E-state index in [0.29, 0.717) is 18.4 Å². The molecule has 3 rings (SSSR count). The van der Waals surface area contributed by atoms with Gasteiger partial charge in [-0.15, -0.1) is 0 Å². The minimum absolute atomic E-state index is 0.122.